The van der Waals surface area contributed by atoms with Crippen LogP contribution in [0.2, 0.25) is 0 Å². The molecule has 1 atom stereocenters. The fraction of sp³-hybridized carbons (Fsp3) is 0.333. The first-order valence-electron chi connectivity index (χ1n) is 7.94. The Hall–Kier alpha value is -1.83. The summed E-state index contributed by atoms with van der Waals surface area (Å²) in [5.74, 6) is 0.135. The number of sulfonamides is 1. The van der Waals surface area contributed by atoms with Crippen LogP contribution >= 0.6 is 12.4 Å². The van der Waals surface area contributed by atoms with Gasteiger partial charge in [0.15, 0.2) is 0 Å². The highest BCUT2D eigenvalue weighted by Gasteiger charge is 2.36. The smallest absolute Gasteiger partial charge is 0.241 e. The second-order valence-electron chi connectivity index (χ2n) is 6.95. The monoisotopic (exact) mass is 400 g/mol. The third kappa shape index (κ3) is 4.11. The topological polar surface area (TPSA) is 81.4 Å². The van der Waals surface area contributed by atoms with Gasteiger partial charge in [-0.15, -0.1) is 12.4 Å². The highest BCUT2D eigenvalue weighted by Crippen LogP contribution is 2.41. The molecule has 1 aliphatic rings. The highest BCUT2D eigenvalue weighted by molar-refractivity contribution is 7.89. The number of fused-ring (bicyclic) bond motifs is 1. The van der Waals surface area contributed by atoms with E-state index in [1.807, 2.05) is 13.8 Å². The van der Waals surface area contributed by atoms with Crippen LogP contribution in [-0.2, 0) is 10.0 Å². The normalized spacial score (nSPS) is 18.4. The highest BCUT2D eigenvalue weighted by atomic mass is 35.5. The Balaban J connectivity index is 0.00000243. The summed E-state index contributed by atoms with van der Waals surface area (Å²) in [5, 5.41) is 0. The average molecular weight is 401 g/mol. The molecule has 0 spiro atoms. The van der Waals surface area contributed by atoms with Gasteiger partial charge in [0.2, 0.25) is 10.0 Å². The van der Waals surface area contributed by atoms with Gasteiger partial charge in [-0.1, -0.05) is 0 Å². The molecule has 0 fully saturated rings. The van der Waals surface area contributed by atoms with Crippen LogP contribution in [0.5, 0.6) is 5.75 Å². The number of anilines is 1. The van der Waals surface area contributed by atoms with Gasteiger partial charge in [-0.05, 0) is 62.7 Å². The van der Waals surface area contributed by atoms with Crippen molar-refractivity contribution in [2.45, 2.75) is 43.7 Å². The second-order valence-corrected chi connectivity index (χ2v) is 8.63. The zero-order valence-corrected chi connectivity index (χ0v) is 16.4. The van der Waals surface area contributed by atoms with E-state index in [-0.39, 0.29) is 17.3 Å². The van der Waals surface area contributed by atoms with E-state index in [0.29, 0.717) is 29.0 Å². The maximum atomic E-state index is 13.3. The van der Waals surface area contributed by atoms with Crippen molar-refractivity contribution in [3.05, 3.63) is 53.3 Å². The van der Waals surface area contributed by atoms with E-state index in [1.54, 1.807) is 25.1 Å². The number of nitrogens with two attached hydrogens (primary N) is 1. The molecule has 1 heterocycles. The van der Waals surface area contributed by atoms with E-state index < -0.39 is 27.5 Å². The number of hydrogen-bond acceptors (Lipinski definition) is 4. The summed E-state index contributed by atoms with van der Waals surface area (Å²) in [6.07, 6.45) is 0.447. The van der Waals surface area contributed by atoms with Gasteiger partial charge >= 0.3 is 0 Å². The van der Waals surface area contributed by atoms with Crippen molar-refractivity contribution in [3.63, 3.8) is 0 Å². The Morgan fingerprint density at radius 3 is 2.58 bits per heavy atom. The lowest BCUT2D eigenvalue weighted by Gasteiger charge is -2.38. The summed E-state index contributed by atoms with van der Waals surface area (Å²) in [7, 11) is -3.83. The van der Waals surface area contributed by atoms with Gasteiger partial charge < -0.3 is 10.5 Å². The molecule has 0 aromatic heterocycles. The summed E-state index contributed by atoms with van der Waals surface area (Å²) >= 11 is 0. The molecule has 0 saturated carbocycles. The minimum Gasteiger partial charge on any atom is -0.487 e. The molecule has 1 aliphatic heterocycles. The molecule has 2 aromatic carbocycles. The van der Waals surface area contributed by atoms with Gasteiger partial charge in [-0.3, -0.25) is 0 Å². The molecule has 8 heteroatoms. The average Bonchev–Trinajstić information content (AvgIpc) is 2.46. The molecule has 5 nitrogen and oxygen atoms in total. The lowest BCUT2D eigenvalue weighted by molar-refractivity contribution is 0.0702. The molecule has 0 aliphatic carbocycles. The Morgan fingerprint density at radius 2 is 1.92 bits per heavy atom. The zero-order chi connectivity index (χ0) is 18.4. The minimum atomic E-state index is -3.83. The molecule has 2 aromatic rings. The van der Waals surface area contributed by atoms with Crippen LogP contribution in [0.15, 0.2) is 41.3 Å². The SMILES string of the molecule is Cc1cc(F)ccc1S(=O)(=O)NC1CC(C)(C)Oc2ccc(N)cc21.Cl. The predicted octanol–water partition coefficient (Wildman–Crippen LogP) is 3.72. The molecule has 1 unspecified atom stereocenters. The molecular weight excluding hydrogens is 379 g/mol. The lowest BCUT2D eigenvalue weighted by Crippen LogP contribution is -2.41. The lowest BCUT2D eigenvalue weighted by atomic mass is 9.90. The third-order valence-electron chi connectivity index (χ3n) is 4.22. The van der Waals surface area contributed by atoms with Crippen molar-refractivity contribution >= 4 is 28.1 Å². The van der Waals surface area contributed by atoms with Gasteiger partial charge in [0.25, 0.3) is 0 Å². The number of nitrogen functional groups attached to an aromatic ring is 1. The fourth-order valence-electron chi connectivity index (χ4n) is 3.14. The standard InChI is InChI=1S/C18H21FN2O3S.ClH/c1-11-8-12(19)4-7-17(11)25(22,23)21-15-10-18(2,3)24-16-6-5-13(20)9-14(15)16;/h4-9,15,21H,10,20H2,1-3H3;1H. The molecule has 0 amide bonds. The first kappa shape index (κ1) is 20.5. The summed E-state index contributed by atoms with van der Waals surface area (Å²) in [5.41, 5.74) is 6.90. The van der Waals surface area contributed by atoms with E-state index in [1.165, 1.54) is 12.1 Å². The summed E-state index contributed by atoms with van der Waals surface area (Å²) < 4.78 is 47.6. The molecule has 3 N–H and O–H groups in total. The van der Waals surface area contributed by atoms with E-state index in [9.17, 15) is 12.8 Å². The molecule has 142 valence electrons. The van der Waals surface area contributed by atoms with Gasteiger partial charge in [-0.25, -0.2) is 17.5 Å². The predicted molar refractivity (Wildman–Crippen MR) is 102 cm³/mol. The van der Waals surface area contributed by atoms with Crippen LogP contribution in [0.3, 0.4) is 0 Å². The summed E-state index contributed by atoms with van der Waals surface area (Å²) in [4.78, 5) is 0.0589. The number of ether oxygens (including phenoxy) is 1. The van der Waals surface area contributed by atoms with Gasteiger partial charge in [0.1, 0.15) is 17.2 Å². The van der Waals surface area contributed by atoms with E-state index in [2.05, 4.69) is 4.72 Å². The third-order valence-corrected chi connectivity index (χ3v) is 5.85. The summed E-state index contributed by atoms with van der Waals surface area (Å²) in [6.45, 7) is 5.37. The second kappa shape index (κ2) is 7.06. The fourth-order valence-corrected chi connectivity index (χ4v) is 4.59. The van der Waals surface area contributed by atoms with Crippen LogP contribution in [0.1, 0.15) is 37.4 Å². The van der Waals surface area contributed by atoms with Crippen molar-refractivity contribution in [2.75, 3.05) is 5.73 Å². The molecule has 0 saturated heterocycles. The van der Waals surface area contributed by atoms with Crippen molar-refractivity contribution in [1.29, 1.82) is 0 Å². The van der Waals surface area contributed by atoms with Crippen LogP contribution in [0.25, 0.3) is 0 Å². The number of rotatable bonds is 3. The number of hydrogen-bond donors (Lipinski definition) is 2. The summed E-state index contributed by atoms with van der Waals surface area (Å²) in [6, 6.07) is 8.31. The van der Waals surface area contributed by atoms with Crippen LogP contribution in [0.4, 0.5) is 10.1 Å². The van der Waals surface area contributed by atoms with Crippen LogP contribution in [0, 0.1) is 12.7 Å². The first-order chi connectivity index (χ1) is 11.6. The zero-order valence-electron chi connectivity index (χ0n) is 14.7. The molecule has 0 radical (unpaired) electrons. The van der Waals surface area contributed by atoms with E-state index in [4.69, 9.17) is 10.5 Å². The van der Waals surface area contributed by atoms with Crippen LogP contribution < -0.4 is 15.2 Å². The number of nitrogens with one attached hydrogen (secondary N) is 1. The van der Waals surface area contributed by atoms with Crippen molar-refractivity contribution in [1.82, 2.24) is 4.72 Å². The van der Waals surface area contributed by atoms with Gasteiger partial charge in [0, 0.05) is 17.7 Å². The molecule has 26 heavy (non-hydrogen) atoms. The maximum Gasteiger partial charge on any atom is 0.241 e. The number of aryl methyl sites for hydroxylation is 1. The number of benzene rings is 2. The van der Waals surface area contributed by atoms with E-state index >= 15 is 0 Å². The Kier molecular flexibility index (Phi) is 5.56. The first-order valence-corrected chi connectivity index (χ1v) is 9.43. The van der Waals surface area contributed by atoms with Crippen LogP contribution in [-0.4, -0.2) is 14.0 Å². The largest absolute Gasteiger partial charge is 0.487 e. The van der Waals surface area contributed by atoms with Crippen molar-refractivity contribution in [2.24, 2.45) is 0 Å². The van der Waals surface area contributed by atoms with Gasteiger partial charge in [-0.2, -0.15) is 0 Å². The molecular formula is C18H22ClFN2O3S. The maximum absolute atomic E-state index is 13.3. The Labute approximate surface area is 159 Å². The van der Waals surface area contributed by atoms with Crippen molar-refractivity contribution in [3.8, 4) is 5.75 Å². The molecule has 0 bridgehead atoms. The van der Waals surface area contributed by atoms with Crippen molar-refractivity contribution < 1.29 is 17.5 Å². The minimum absolute atomic E-state index is 0. The van der Waals surface area contributed by atoms with E-state index in [0.717, 1.165) is 6.07 Å². The van der Waals surface area contributed by atoms with Gasteiger partial charge in [0.05, 0.1) is 10.9 Å². The quantitative estimate of drug-likeness (QED) is 0.769. The Bertz CT molecular complexity index is 932. The Morgan fingerprint density at radius 1 is 1.23 bits per heavy atom. The molecule has 3 rings (SSSR count). The number of halogens is 2.